The van der Waals surface area contributed by atoms with E-state index in [-0.39, 0.29) is 24.1 Å². The number of amides is 3. The molecule has 0 aliphatic carbocycles. The first kappa shape index (κ1) is 33.7. The summed E-state index contributed by atoms with van der Waals surface area (Å²) in [7, 11) is 0. The molecule has 2 aromatic carbocycles. The third-order valence-corrected chi connectivity index (χ3v) is 6.70. The minimum absolute atomic E-state index is 0.00352. The van der Waals surface area contributed by atoms with Crippen LogP contribution in [0.1, 0.15) is 91.3 Å². The molecule has 226 valence electrons. The first-order valence-electron chi connectivity index (χ1n) is 14.7. The van der Waals surface area contributed by atoms with Crippen LogP contribution in [0.4, 0.5) is 4.79 Å². The van der Waals surface area contributed by atoms with Crippen LogP contribution < -0.4 is 10.6 Å². The number of aromatic hydroxyl groups is 1. The maximum atomic E-state index is 14.6. The highest BCUT2D eigenvalue weighted by atomic mass is 16.6. The maximum absolute atomic E-state index is 14.6. The van der Waals surface area contributed by atoms with Crippen LogP contribution in [-0.4, -0.2) is 52.1 Å². The number of hydrogen-bond acceptors (Lipinski definition) is 5. The smallest absolute Gasteiger partial charge is 0.408 e. The Morgan fingerprint density at radius 3 is 2.24 bits per heavy atom. The highest BCUT2D eigenvalue weighted by Gasteiger charge is 2.39. The van der Waals surface area contributed by atoms with Gasteiger partial charge in [0.05, 0.1) is 0 Å². The second kappa shape index (κ2) is 16.0. The Morgan fingerprint density at radius 1 is 0.976 bits per heavy atom. The summed E-state index contributed by atoms with van der Waals surface area (Å²) >= 11 is 0. The second-order valence-electron chi connectivity index (χ2n) is 12.1. The molecule has 0 fully saturated rings. The normalized spacial score (nSPS) is 13.7. The average molecular weight is 568 g/mol. The van der Waals surface area contributed by atoms with Crippen molar-refractivity contribution in [2.24, 2.45) is 5.92 Å². The SMILES string of the molecule is CCCCNC(=O)C(c1cccc(O)c1)N(C(=O)C(Cc1ccccc1)NC(=O)OC(C)(C)C)C(C)CCC(C)C. The molecule has 8 nitrogen and oxygen atoms in total. The Morgan fingerprint density at radius 2 is 1.66 bits per heavy atom. The van der Waals surface area contributed by atoms with Crippen molar-refractivity contribution < 1.29 is 24.2 Å². The van der Waals surface area contributed by atoms with E-state index in [1.807, 2.05) is 44.2 Å². The molecular formula is C33H49N3O5. The van der Waals surface area contributed by atoms with Gasteiger partial charge in [-0.25, -0.2) is 4.79 Å². The summed E-state index contributed by atoms with van der Waals surface area (Å²) in [4.78, 5) is 42.9. The largest absolute Gasteiger partial charge is 0.508 e. The number of carbonyl (C=O) groups is 3. The van der Waals surface area contributed by atoms with Crippen LogP contribution in [0.2, 0.25) is 0 Å². The highest BCUT2D eigenvalue weighted by molar-refractivity contribution is 5.92. The zero-order valence-corrected chi connectivity index (χ0v) is 25.8. The summed E-state index contributed by atoms with van der Waals surface area (Å²) in [6, 6.07) is 13.6. The van der Waals surface area contributed by atoms with Crippen molar-refractivity contribution in [2.45, 2.75) is 104 Å². The molecule has 0 spiro atoms. The van der Waals surface area contributed by atoms with Gasteiger partial charge in [0.1, 0.15) is 23.4 Å². The minimum Gasteiger partial charge on any atom is -0.508 e. The van der Waals surface area contributed by atoms with Crippen LogP contribution in [0.15, 0.2) is 54.6 Å². The molecular weight excluding hydrogens is 518 g/mol. The van der Waals surface area contributed by atoms with Crippen LogP contribution in [0.5, 0.6) is 5.75 Å². The third kappa shape index (κ3) is 11.5. The Labute approximate surface area is 245 Å². The van der Waals surface area contributed by atoms with Crippen LogP contribution >= 0.6 is 0 Å². The van der Waals surface area contributed by atoms with E-state index in [1.54, 1.807) is 37.8 Å². The molecule has 0 saturated heterocycles. The fourth-order valence-corrected chi connectivity index (χ4v) is 4.61. The second-order valence-corrected chi connectivity index (χ2v) is 12.1. The first-order chi connectivity index (χ1) is 19.3. The third-order valence-electron chi connectivity index (χ3n) is 6.70. The summed E-state index contributed by atoms with van der Waals surface area (Å²) in [6.45, 7) is 14.0. The Hall–Kier alpha value is -3.55. The number of hydrogen-bond donors (Lipinski definition) is 3. The molecule has 0 bridgehead atoms. The number of benzene rings is 2. The standard InChI is InChI=1S/C33H49N3O5/c1-8-9-20-34-30(38)29(26-16-13-17-27(37)22-26)36(24(4)19-18-23(2)3)31(39)28(21-25-14-11-10-12-15-25)35-32(40)41-33(5,6)7/h10-17,22-24,28-29,37H,8-9,18-21H2,1-7H3,(H,34,38)(H,35,40). The molecule has 0 aromatic heterocycles. The lowest BCUT2D eigenvalue weighted by Crippen LogP contribution is -2.56. The molecule has 0 saturated carbocycles. The van der Waals surface area contributed by atoms with Gasteiger partial charge in [0.25, 0.3) is 0 Å². The van der Waals surface area contributed by atoms with Gasteiger partial charge in [-0.1, -0.05) is 69.7 Å². The molecule has 2 aromatic rings. The van der Waals surface area contributed by atoms with E-state index >= 15 is 0 Å². The van der Waals surface area contributed by atoms with E-state index in [0.717, 1.165) is 24.8 Å². The van der Waals surface area contributed by atoms with E-state index in [9.17, 15) is 19.5 Å². The molecule has 0 aliphatic heterocycles. The van der Waals surface area contributed by atoms with Crippen LogP contribution in [-0.2, 0) is 20.7 Å². The predicted octanol–water partition coefficient (Wildman–Crippen LogP) is 6.14. The van der Waals surface area contributed by atoms with E-state index < -0.39 is 29.7 Å². The van der Waals surface area contributed by atoms with E-state index in [4.69, 9.17) is 4.74 Å². The number of rotatable bonds is 14. The summed E-state index contributed by atoms with van der Waals surface area (Å²) in [5, 5.41) is 16.1. The fourth-order valence-electron chi connectivity index (χ4n) is 4.61. The zero-order valence-electron chi connectivity index (χ0n) is 25.8. The summed E-state index contributed by atoms with van der Waals surface area (Å²) < 4.78 is 5.52. The molecule has 0 heterocycles. The Balaban J connectivity index is 2.61. The van der Waals surface area contributed by atoms with Crippen LogP contribution in [0.25, 0.3) is 0 Å². The topological polar surface area (TPSA) is 108 Å². The van der Waals surface area contributed by atoms with Gasteiger partial charge in [0, 0.05) is 19.0 Å². The lowest BCUT2D eigenvalue weighted by molar-refractivity contribution is -0.145. The molecule has 3 amide bonds. The highest BCUT2D eigenvalue weighted by Crippen LogP contribution is 2.29. The van der Waals surface area contributed by atoms with Gasteiger partial charge in [-0.3, -0.25) is 9.59 Å². The van der Waals surface area contributed by atoms with Gasteiger partial charge in [0.2, 0.25) is 11.8 Å². The summed E-state index contributed by atoms with van der Waals surface area (Å²) in [6.07, 6.45) is 2.72. The zero-order chi connectivity index (χ0) is 30.6. The molecule has 8 heteroatoms. The molecule has 2 rings (SSSR count). The molecule has 3 unspecified atom stereocenters. The van der Waals surface area contributed by atoms with Gasteiger partial charge in [0.15, 0.2) is 0 Å². The number of unbranched alkanes of at least 4 members (excludes halogenated alkanes) is 1. The predicted molar refractivity (Wildman–Crippen MR) is 162 cm³/mol. The van der Waals surface area contributed by atoms with Crippen molar-refractivity contribution in [3.05, 3.63) is 65.7 Å². The summed E-state index contributed by atoms with van der Waals surface area (Å²) in [5.41, 5.74) is 0.607. The average Bonchev–Trinajstić information content (AvgIpc) is 2.89. The quantitative estimate of drug-likeness (QED) is 0.238. The number of phenols is 1. The van der Waals surface area contributed by atoms with Crippen molar-refractivity contribution in [1.29, 1.82) is 0 Å². The maximum Gasteiger partial charge on any atom is 0.408 e. The van der Waals surface area contributed by atoms with Gasteiger partial charge >= 0.3 is 6.09 Å². The van der Waals surface area contributed by atoms with Crippen molar-refractivity contribution in [1.82, 2.24) is 15.5 Å². The van der Waals surface area contributed by atoms with E-state index in [0.29, 0.717) is 24.4 Å². The first-order valence-corrected chi connectivity index (χ1v) is 14.7. The Kier molecular flexibility index (Phi) is 13.2. The van der Waals surface area contributed by atoms with Crippen molar-refractivity contribution in [3.63, 3.8) is 0 Å². The molecule has 3 atom stereocenters. The lowest BCUT2D eigenvalue weighted by Gasteiger charge is -2.39. The number of phenolic OH excluding ortho intramolecular Hbond substituents is 1. The minimum atomic E-state index is -1.01. The van der Waals surface area contributed by atoms with Crippen LogP contribution in [0, 0.1) is 5.92 Å². The monoisotopic (exact) mass is 567 g/mol. The molecule has 41 heavy (non-hydrogen) atoms. The van der Waals surface area contributed by atoms with E-state index in [2.05, 4.69) is 24.5 Å². The van der Waals surface area contributed by atoms with Crippen molar-refractivity contribution in [3.8, 4) is 5.75 Å². The number of nitrogens with zero attached hydrogens (tertiary/aromatic N) is 1. The van der Waals surface area contributed by atoms with Gasteiger partial charge in [-0.05, 0) is 76.1 Å². The fraction of sp³-hybridized carbons (Fsp3) is 0.545. The summed E-state index contributed by atoms with van der Waals surface area (Å²) in [5.74, 6) is -0.324. The van der Waals surface area contributed by atoms with E-state index in [1.165, 1.54) is 12.1 Å². The molecule has 3 N–H and O–H groups in total. The van der Waals surface area contributed by atoms with Gasteiger partial charge in [-0.15, -0.1) is 0 Å². The number of alkyl carbamates (subject to hydrolysis) is 1. The number of ether oxygens (including phenoxy) is 1. The lowest BCUT2D eigenvalue weighted by atomic mass is 9.95. The van der Waals surface area contributed by atoms with Gasteiger partial charge in [-0.2, -0.15) is 0 Å². The Bertz CT molecular complexity index is 1110. The van der Waals surface area contributed by atoms with Crippen LogP contribution in [0.3, 0.4) is 0 Å². The molecule has 0 aliphatic rings. The van der Waals surface area contributed by atoms with Crippen molar-refractivity contribution >= 4 is 17.9 Å². The number of nitrogens with one attached hydrogen (secondary N) is 2. The number of carbonyl (C=O) groups excluding carboxylic acids is 3. The van der Waals surface area contributed by atoms with Gasteiger partial charge < -0.3 is 25.4 Å². The van der Waals surface area contributed by atoms with Crippen molar-refractivity contribution in [2.75, 3.05) is 6.54 Å². The molecule has 0 radical (unpaired) electrons.